The van der Waals surface area contributed by atoms with Crippen molar-refractivity contribution in [2.24, 2.45) is 0 Å². The summed E-state index contributed by atoms with van der Waals surface area (Å²) in [5, 5.41) is 6.58. The van der Waals surface area contributed by atoms with E-state index in [1.807, 2.05) is 32.0 Å². The molecule has 2 N–H and O–H groups in total. The molecule has 0 atom stereocenters. The Morgan fingerprint density at radius 3 is 2.52 bits per heavy atom. The van der Waals surface area contributed by atoms with Gasteiger partial charge in [-0.05, 0) is 43.2 Å². The number of para-hydroxylation sites is 1. The van der Waals surface area contributed by atoms with Gasteiger partial charge in [0.1, 0.15) is 23.6 Å². The number of nitrogens with zero attached hydrogens (tertiary/aromatic N) is 2. The lowest BCUT2D eigenvalue weighted by atomic mass is 10.1. The number of amides is 1. The molecule has 0 saturated carbocycles. The van der Waals surface area contributed by atoms with Gasteiger partial charge in [-0.15, -0.1) is 0 Å². The molecule has 0 spiro atoms. The summed E-state index contributed by atoms with van der Waals surface area (Å²) >= 11 is 6.05. The van der Waals surface area contributed by atoms with Crippen LogP contribution in [0.3, 0.4) is 0 Å². The Hall–Kier alpha value is -3.12. The number of hydrogen-bond acceptors (Lipinski definition) is 5. The standard InChI is InChI=1S/C20H19ClN4O2/c1-12-5-4-6-13(2)19(12)25-20(26)16-10-18(23-11-22-16)24-15-9-14(21)7-8-17(15)27-3/h4-11H,1-3H3,(H,25,26)(H,22,23,24). The molecule has 2 aromatic carbocycles. The van der Waals surface area contributed by atoms with Gasteiger partial charge in [0.15, 0.2) is 0 Å². The van der Waals surface area contributed by atoms with Crippen LogP contribution >= 0.6 is 11.6 Å². The molecule has 27 heavy (non-hydrogen) atoms. The zero-order chi connectivity index (χ0) is 19.4. The van der Waals surface area contributed by atoms with Gasteiger partial charge in [0.05, 0.1) is 12.8 Å². The number of methoxy groups -OCH3 is 1. The molecular weight excluding hydrogens is 364 g/mol. The lowest BCUT2D eigenvalue weighted by molar-refractivity contribution is 0.102. The molecular formula is C20H19ClN4O2. The number of aryl methyl sites for hydroxylation is 2. The fourth-order valence-electron chi connectivity index (χ4n) is 2.65. The van der Waals surface area contributed by atoms with E-state index in [1.54, 1.807) is 31.4 Å². The van der Waals surface area contributed by atoms with E-state index in [2.05, 4.69) is 20.6 Å². The molecule has 1 amide bonds. The first-order valence-corrected chi connectivity index (χ1v) is 8.66. The summed E-state index contributed by atoms with van der Waals surface area (Å²) in [5.41, 5.74) is 3.65. The Morgan fingerprint density at radius 1 is 1.07 bits per heavy atom. The minimum atomic E-state index is -0.309. The highest BCUT2D eigenvalue weighted by atomic mass is 35.5. The van der Waals surface area contributed by atoms with Crippen LogP contribution in [-0.4, -0.2) is 23.0 Å². The Morgan fingerprint density at radius 2 is 1.81 bits per heavy atom. The lowest BCUT2D eigenvalue weighted by Gasteiger charge is -2.13. The van der Waals surface area contributed by atoms with Gasteiger partial charge in [0.25, 0.3) is 5.91 Å². The van der Waals surface area contributed by atoms with Crippen LogP contribution in [0, 0.1) is 13.8 Å². The first-order valence-electron chi connectivity index (χ1n) is 8.28. The van der Waals surface area contributed by atoms with Gasteiger partial charge >= 0.3 is 0 Å². The summed E-state index contributed by atoms with van der Waals surface area (Å²) in [6.07, 6.45) is 1.33. The monoisotopic (exact) mass is 382 g/mol. The normalized spacial score (nSPS) is 10.4. The second kappa shape index (κ2) is 8.05. The second-order valence-corrected chi connectivity index (χ2v) is 6.42. The summed E-state index contributed by atoms with van der Waals surface area (Å²) < 4.78 is 5.31. The minimum absolute atomic E-state index is 0.246. The highest BCUT2D eigenvalue weighted by molar-refractivity contribution is 6.31. The van der Waals surface area contributed by atoms with Crippen molar-refractivity contribution in [3.05, 3.63) is 70.6 Å². The van der Waals surface area contributed by atoms with Gasteiger partial charge in [0.2, 0.25) is 0 Å². The van der Waals surface area contributed by atoms with E-state index in [-0.39, 0.29) is 11.6 Å². The van der Waals surface area contributed by atoms with E-state index >= 15 is 0 Å². The average Bonchev–Trinajstić information content (AvgIpc) is 2.65. The number of halogens is 1. The quantitative estimate of drug-likeness (QED) is 0.665. The number of aromatic nitrogens is 2. The Balaban J connectivity index is 1.83. The summed E-state index contributed by atoms with van der Waals surface area (Å²) in [6.45, 7) is 3.89. The molecule has 138 valence electrons. The van der Waals surface area contributed by atoms with E-state index in [0.29, 0.717) is 22.3 Å². The first-order chi connectivity index (χ1) is 13.0. The number of anilines is 3. The lowest BCUT2D eigenvalue weighted by Crippen LogP contribution is -2.16. The molecule has 3 rings (SSSR count). The van der Waals surface area contributed by atoms with E-state index in [0.717, 1.165) is 16.8 Å². The highest BCUT2D eigenvalue weighted by Crippen LogP contribution is 2.30. The molecule has 0 radical (unpaired) electrons. The van der Waals surface area contributed by atoms with Crippen LogP contribution in [0.25, 0.3) is 0 Å². The van der Waals surface area contributed by atoms with Gasteiger partial charge in [-0.1, -0.05) is 29.8 Å². The number of carbonyl (C=O) groups is 1. The molecule has 1 aromatic heterocycles. The van der Waals surface area contributed by atoms with Crippen molar-refractivity contribution in [2.45, 2.75) is 13.8 Å². The SMILES string of the molecule is COc1ccc(Cl)cc1Nc1cc(C(=O)Nc2c(C)cccc2C)ncn1. The van der Waals surface area contributed by atoms with Crippen LogP contribution in [0.2, 0.25) is 5.02 Å². The molecule has 0 unspecified atom stereocenters. The number of carbonyl (C=O) groups excluding carboxylic acids is 1. The average molecular weight is 383 g/mol. The van der Waals surface area contributed by atoms with Crippen molar-refractivity contribution < 1.29 is 9.53 Å². The Bertz CT molecular complexity index is 971. The predicted molar refractivity (Wildman–Crippen MR) is 107 cm³/mol. The zero-order valence-corrected chi connectivity index (χ0v) is 16.0. The first kappa shape index (κ1) is 18.7. The minimum Gasteiger partial charge on any atom is -0.495 e. The molecule has 0 aliphatic heterocycles. The fourth-order valence-corrected chi connectivity index (χ4v) is 2.83. The summed E-state index contributed by atoms with van der Waals surface area (Å²) in [6, 6.07) is 12.6. The van der Waals surface area contributed by atoms with Gasteiger partial charge in [-0.2, -0.15) is 0 Å². The smallest absolute Gasteiger partial charge is 0.274 e. The van der Waals surface area contributed by atoms with Crippen LogP contribution in [0.1, 0.15) is 21.6 Å². The molecule has 0 bridgehead atoms. The molecule has 0 saturated heterocycles. The van der Waals surface area contributed by atoms with Crippen LogP contribution in [-0.2, 0) is 0 Å². The molecule has 0 aliphatic rings. The maximum Gasteiger partial charge on any atom is 0.274 e. The van der Waals surface area contributed by atoms with E-state index in [4.69, 9.17) is 16.3 Å². The number of ether oxygens (including phenoxy) is 1. The van der Waals surface area contributed by atoms with Gasteiger partial charge in [-0.3, -0.25) is 4.79 Å². The summed E-state index contributed by atoms with van der Waals surface area (Å²) in [7, 11) is 1.57. The molecule has 7 heteroatoms. The van der Waals surface area contributed by atoms with Crippen LogP contribution in [0.5, 0.6) is 5.75 Å². The molecule has 3 aromatic rings. The fraction of sp³-hybridized carbons (Fsp3) is 0.150. The third-order valence-corrected chi connectivity index (χ3v) is 4.28. The summed E-state index contributed by atoms with van der Waals surface area (Å²) in [4.78, 5) is 20.9. The van der Waals surface area contributed by atoms with E-state index in [1.165, 1.54) is 6.33 Å². The van der Waals surface area contributed by atoms with Crippen molar-refractivity contribution in [3.8, 4) is 5.75 Å². The highest BCUT2D eigenvalue weighted by Gasteiger charge is 2.13. The largest absolute Gasteiger partial charge is 0.495 e. The molecule has 6 nitrogen and oxygen atoms in total. The summed E-state index contributed by atoms with van der Waals surface area (Å²) in [5.74, 6) is 0.757. The second-order valence-electron chi connectivity index (χ2n) is 5.98. The number of benzene rings is 2. The van der Waals surface area contributed by atoms with Gasteiger partial charge < -0.3 is 15.4 Å². The third-order valence-electron chi connectivity index (χ3n) is 4.04. The van der Waals surface area contributed by atoms with Crippen molar-refractivity contribution in [2.75, 3.05) is 17.7 Å². The Kier molecular flexibility index (Phi) is 5.57. The Labute approximate surface area is 162 Å². The van der Waals surface area contributed by atoms with Crippen molar-refractivity contribution >= 4 is 34.7 Å². The van der Waals surface area contributed by atoms with Gasteiger partial charge in [-0.25, -0.2) is 9.97 Å². The van der Waals surface area contributed by atoms with Crippen LogP contribution in [0.15, 0.2) is 48.8 Å². The van der Waals surface area contributed by atoms with E-state index in [9.17, 15) is 4.79 Å². The van der Waals surface area contributed by atoms with Gasteiger partial charge in [0, 0.05) is 16.8 Å². The van der Waals surface area contributed by atoms with Crippen molar-refractivity contribution in [1.82, 2.24) is 9.97 Å². The predicted octanol–water partition coefficient (Wildman–Crippen LogP) is 4.75. The maximum absolute atomic E-state index is 12.6. The number of rotatable bonds is 5. The van der Waals surface area contributed by atoms with Crippen LogP contribution < -0.4 is 15.4 Å². The van der Waals surface area contributed by atoms with Crippen molar-refractivity contribution in [3.63, 3.8) is 0 Å². The van der Waals surface area contributed by atoms with E-state index < -0.39 is 0 Å². The molecule has 0 aliphatic carbocycles. The molecule has 1 heterocycles. The number of hydrogen-bond donors (Lipinski definition) is 2. The third kappa shape index (κ3) is 4.35. The van der Waals surface area contributed by atoms with Crippen LogP contribution in [0.4, 0.5) is 17.2 Å². The maximum atomic E-state index is 12.6. The number of nitrogens with one attached hydrogen (secondary N) is 2. The topological polar surface area (TPSA) is 76.1 Å². The molecule has 0 fully saturated rings. The zero-order valence-electron chi connectivity index (χ0n) is 15.2. The van der Waals surface area contributed by atoms with Crippen molar-refractivity contribution in [1.29, 1.82) is 0 Å².